The van der Waals surface area contributed by atoms with Crippen LogP contribution in [0.3, 0.4) is 0 Å². The normalized spacial score (nSPS) is 11.6. The zero-order valence-corrected chi connectivity index (χ0v) is 11.1. The van der Waals surface area contributed by atoms with Crippen LogP contribution in [-0.2, 0) is 22.1 Å². The van der Waals surface area contributed by atoms with E-state index in [1.54, 1.807) is 0 Å². The van der Waals surface area contributed by atoms with Crippen LogP contribution >= 0.6 is 0 Å². The number of alkyl halides is 5. The first kappa shape index (κ1) is 17.1. The summed E-state index contributed by atoms with van der Waals surface area (Å²) in [4.78, 5) is 14.8. The van der Waals surface area contributed by atoms with Crippen LogP contribution in [0.2, 0.25) is 0 Å². The Hall–Kier alpha value is -1.93. The fourth-order valence-electron chi connectivity index (χ4n) is 1.67. The van der Waals surface area contributed by atoms with Gasteiger partial charge in [0.15, 0.2) is 0 Å². The van der Waals surface area contributed by atoms with Crippen molar-refractivity contribution in [3.05, 3.63) is 22.9 Å². The molecular weight excluding hydrogens is 301 g/mol. The molecule has 0 N–H and O–H groups in total. The molecule has 21 heavy (non-hydrogen) atoms. The van der Waals surface area contributed by atoms with E-state index in [-0.39, 0.29) is 6.61 Å². The summed E-state index contributed by atoms with van der Waals surface area (Å²) in [6.07, 6.45) is -9.34. The van der Waals surface area contributed by atoms with E-state index in [2.05, 4.69) is 14.5 Å². The van der Waals surface area contributed by atoms with Crippen LogP contribution in [0.1, 0.15) is 30.2 Å². The van der Waals surface area contributed by atoms with Crippen LogP contribution in [0.15, 0.2) is 6.07 Å². The van der Waals surface area contributed by atoms with E-state index in [1.807, 2.05) is 0 Å². The number of halogens is 5. The lowest BCUT2D eigenvalue weighted by Crippen LogP contribution is -2.19. The zero-order valence-electron chi connectivity index (χ0n) is 11.1. The molecule has 0 saturated heterocycles. The first-order chi connectivity index (χ1) is 9.70. The lowest BCUT2D eigenvalue weighted by molar-refractivity contribution is -0.144. The van der Waals surface area contributed by atoms with E-state index < -0.39 is 47.7 Å². The number of carbonyl (C=O) groups is 1. The zero-order chi connectivity index (χ0) is 16.2. The lowest BCUT2D eigenvalue weighted by atomic mass is 10.0. The second kappa shape index (κ2) is 6.68. The molecule has 9 heteroatoms. The maximum atomic E-state index is 13.0. The van der Waals surface area contributed by atoms with Gasteiger partial charge in [-0.3, -0.25) is 4.79 Å². The standard InChI is InChI=1S/C12H12F5NO3/c1-3-21-9(19)5-7-10(12(15,16)17)6(11(13)14)4-8(18-7)20-2/h4,11H,3,5H2,1-2H3. The van der Waals surface area contributed by atoms with Gasteiger partial charge in [0.25, 0.3) is 6.43 Å². The Bertz CT molecular complexity index is 516. The summed E-state index contributed by atoms with van der Waals surface area (Å²) >= 11 is 0. The number of hydrogen-bond donors (Lipinski definition) is 0. The molecule has 0 unspecified atom stereocenters. The Labute approximate surface area is 116 Å². The largest absolute Gasteiger partial charge is 0.481 e. The Morgan fingerprint density at radius 2 is 2.00 bits per heavy atom. The second-order valence-electron chi connectivity index (χ2n) is 3.86. The molecule has 0 bridgehead atoms. The molecule has 0 aliphatic rings. The fourth-order valence-corrected chi connectivity index (χ4v) is 1.67. The van der Waals surface area contributed by atoms with Crippen molar-refractivity contribution in [2.45, 2.75) is 25.9 Å². The fraction of sp³-hybridized carbons (Fsp3) is 0.500. The van der Waals surface area contributed by atoms with E-state index in [0.29, 0.717) is 6.07 Å². The van der Waals surface area contributed by atoms with Gasteiger partial charge in [-0.25, -0.2) is 13.8 Å². The Morgan fingerprint density at radius 3 is 2.43 bits per heavy atom. The maximum Gasteiger partial charge on any atom is 0.418 e. The number of ether oxygens (including phenoxy) is 2. The number of hydrogen-bond acceptors (Lipinski definition) is 4. The predicted molar refractivity (Wildman–Crippen MR) is 61.1 cm³/mol. The molecular formula is C12H12F5NO3. The van der Waals surface area contributed by atoms with Crippen molar-refractivity contribution in [2.24, 2.45) is 0 Å². The molecule has 0 spiro atoms. The quantitative estimate of drug-likeness (QED) is 0.619. The van der Waals surface area contributed by atoms with Gasteiger partial charge in [-0.15, -0.1) is 0 Å². The summed E-state index contributed by atoms with van der Waals surface area (Å²) in [5, 5.41) is 0. The van der Waals surface area contributed by atoms with Crippen LogP contribution in [0.25, 0.3) is 0 Å². The van der Waals surface area contributed by atoms with Crippen LogP contribution in [-0.4, -0.2) is 24.7 Å². The van der Waals surface area contributed by atoms with Gasteiger partial charge in [-0.05, 0) is 6.92 Å². The Morgan fingerprint density at radius 1 is 1.38 bits per heavy atom. The molecule has 0 aromatic carbocycles. The molecule has 118 valence electrons. The van der Waals surface area contributed by atoms with Gasteiger partial charge < -0.3 is 9.47 Å². The Kier molecular flexibility index (Phi) is 5.45. The molecule has 1 aromatic heterocycles. The minimum absolute atomic E-state index is 0.0497. The third-order valence-corrected chi connectivity index (χ3v) is 2.45. The van der Waals surface area contributed by atoms with Crippen LogP contribution in [0.4, 0.5) is 22.0 Å². The van der Waals surface area contributed by atoms with Gasteiger partial charge in [0.1, 0.15) is 0 Å². The van der Waals surface area contributed by atoms with E-state index >= 15 is 0 Å². The van der Waals surface area contributed by atoms with Crippen LogP contribution < -0.4 is 4.74 Å². The van der Waals surface area contributed by atoms with E-state index in [1.165, 1.54) is 6.92 Å². The smallest absolute Gasteiger partial charge is 0.418 e. The molecule has 0 radical (unpaired) electrons. The SMILES string of the molecule is CCOC(=O)Cc1nc(OC)cc(C(F)F)c1C(F)(F)F. The first-order valence-electron chi connectivity index (χ1n) is 5.79. The lowest BCUT2D eigenvalue weighted by Gasteiger charge is -2.17. The van der Waals surface area contributed by atoms with Crippen molar-refractivity contribution in [3.63, 3.8) is 0 Å². The van der Waals surface area contributed by atoms with Crippen molar-refractivity contribution in [3.8, 4) is 5.88 Å². The van der Waals surface area contributed by atoms with Gasteiger partial charge in [0.2, 0.25) is 5.88 Å². The average molecular weight is 313 g/mol. The van der Waals surface area contributed by atoms with E-state index in [4.69, 9.17) is 0 Å². The third-order valence-electron chi connectivity index (χ3n) is 2.45. The summed E-state index contributed by atoms with van der Waals surface area (Å²) in [5.74, 6) is -1.43. The first-order valence-corrected chi connectivity index (χ1v) is 5.79. The van der Waals surface area contributed by atoms with Crippen molar-refractivity contribution >= 4 is 5.97 Å². The highest BCUT2D eigenvalue weighted by atomic mass is 19.4. The molecule has 1 aromatic rings. The molecule has 0 aliphatic heterocycles. The summed E-state index contributed by atoms with van der Waals surface area (Å²) in [6, 6.07) is 0.502. The molecule has 4 nitrogen and oxygen atoms in total. The highest BCUT2D eigenvalue weighted by Crippen LogP contribution is 2.39. The topological polar surface area (TPSA) is 48.4 Å². The molecule has 0 fully saturated rings. The van der Waals surface area contributed by atoms with Crippen molar-refractivity contribution in [1.29, 1.82) is 0 Å². The number of rotatable bonds is 5. The van der Waals surface area contributed by atoms with Gasteiger partial charge >= 0.3 is 12.1 Å². The van der Waals surface area contributed by atoms with Crippen LogP contribution in [0.5, 0.6) is 5.88 Å². The minimum Gasteiger partial charge on any atom is -0.481 e. The van der Waals surface area contributed by atoms with Crippen molar-refractivity contribution in [2.75, 3.05) is 13.7 Å². The monoisotopic (exact) mass is 313 g/mol. The maximum absolute atomic E-state index is 13.0. The molecule has 1 heterocycles. The second-order valence-corrected chi connectivity index (χ2v) is 3.86. The predicted octanol–water partition coefficient (Wildman–Crippen LogP) is 3.15. The number of nitrogens with zero attached hydrogens (tertiary/aromatic N) is 1. The summed E-state index contributed by atoms with van der Waals surface area (Å²) in [7, 11) is 1.07. The van der Waals surface area contributed by atoms with Crippen molar-refractivity contribution in [1.82, 2.24) is 4.98 Å². The minimum atomic E-state index is -5.08. The van der Waals surface area contributed by atoms with E-state index in [9.17, 15) is 26.7 Å². The van der Waals surface area contributed by atoms with Crippen LogP contribution in [0, 0.1) is 0 Å². The molecule has 0 atom stereocenters. The third kappa shape index (κ3) is 4.27. The highest BCUT2D eigenvalue weighted by molar-refractivity contribution is 5.72. The van der Waals surface area contributed by atoms with E-state index in [0.717, 1.165) is 7.11 Å². The summed E-state index contributed by atoms with van der Waals surface area (Å²) in [5.41, 5.74) is -3.77. The Balaban J connectivity index is 3.43. The number of carbonyl (C=O) groups excluding carboxylic acids is 1. The van der Waals surface area contributed by atoms with Crippen molar-refractivity contribution < 1.29 is 36.2 Å². The molecule has 0 saturated carbocycles. The molecule has 1 rings (SSSR count). The number of pyridine rings is 1. The highest BCUT2D eigenvalue weighted by Gasteiger charge is 2.40. The average Bonchev–Trinajstić information content (AvgIpc) is 2.36. The van der Waals surface area contributed by atoms with Gasteiger partial charge in [-0.1, -0.05) is 0 Å². The summed E-state index contributed by atoms with van der Waals surface area (Å²) in [6.45, 7) is 1.41. The van der Waals surface area contributed by atoms with Gasteiger partial charge in [0.05, 0.1) is 31.4 Å². The number of aromatic nitrogens is 1. The van der Waals surface area contributed by atoms with Gasteiger partial charge in [0, 0.05) is 11.6 Å². The molecule has 0 amide bonds. The number of esters is 1. The molecule has 0 aliphatic carbocycles. The van der Waals surface area contributed by atoms with Gasteiger partial charge in [-0.2, -0.15) is 13.2 Å². The number of methoxy groups -OCH3 is 1. The summed E-state index contributed by atoms with van der Waals surface area (Å²) < 4.78 is 73.7.